The molecule has 196 valence electrons. The maximum absolute atomic E-state index is 12.1. The van der Waals surface area contributed by atoms with Gasteiger partial charge in [0.25, 0.3) is 10.0 Å². The van der Waals surface area contributed by atoms with E-state index in [4.69, 9.17) is 26.8 Å². The third-order valence-electron chi connectivity index (χ3n) is 5.82. The van der Waals surface area contributed by atoms with Crippen molar-refractivity contribution in [3.63, 3.8) is 0 Å². The molecule has 0 spiro atoms. The molecule has 3 aromatic rings. The fourth-order valence-corrected chi connectivity index (χ4v) is 4.35. The molecule has 0 aliphatic heterocycles. The Hall–Kier alpha value is -3.39. The van der Waals surface area contributed by atoms with Crippen LogP contribution in [0.4, 0.5) is 0 Å². The number of hydrogen-bond acceptors (Lipinski definition) is 7. The third-order valence-corrected chi connectivity index (χ3v) is 7.81. The van der Waals surface area contributed by atoms with Crippen LogP contribution >= 0.6 is 11.6 Å². The van der Waals surface area contributed by atoms with Crippen molar-refractivity contribution in [1.82, 2.24) is 4.98 Å². The van der Waals surface area contributed by atoms with Crippen LogP contribution in [0.1, 0.15) is 49.9 Å². The number of nitrogens with one attached hydrogen (secondary N) is 1. The Morgan fingerprint density at radius 2 is 1.89 bits per heavy atom. The highest BCUT2D eigenvalue weighted by Crippen LogP contribution is 2.38. The molecular formula is C26H31ClN5O4S+. The van der Waals surface area contributed by atoms with Gasteiger partial charge in [-0.3, -0.25) is 0 Å². The van der Waals surface area contributed by atoms with Crippen molar-refractivity contribution < 1.29 is 22.6 Å². The first-order chi connectivity index (χ1) is 17.5. The van der Waals surface area contributed by atoms with Gasteiger partial charge in [-0.15, -0.1) is 9.51 Å². The molecular weight excluding hydrogens is 514 g/mol. The molecule has 0 bridgehead atoms. The zero-order valence-electron chi connectivity index (χ0n) is 21.2. The number of aromatic nitrogens is 2. The van der Waals surface area contributed by atoms with Gasteiger partial charge in [-0.25, -0.2) is 8.42 Å². The SMILES string of the molecule is CC(C)S(=O)(=O)N[n+]1cncc(COc2ccc(C(C)(C)c3cc(Cl)c(OCCN)c(C#N)c3)cc2)c1. The van der Waals surface area contributed by atoms with E-state index >= 15 is 0 Å². The average molecular weight is 545 g/mol. The normalized spacial score (nSPS) is 11.7. The fourth-order valence-electron chi connectivity index (χ4n) is 3.47. The van der Waals surface area contributed by atoms with E-state index in [1.165, 1.54) is 11.0 Å². The van der Waals surface area contributed by atoms with Gasteiger partial charge in [0.2, 0.25) is 0 Å². The van der Waals surface area contributed by atoms with Gasteiger partial charge in [-0.05, 0) is 49.2 Å². The van der Waals surface area contributed by atoms with Crippen molar-refractivity contribution >= 4 is 21.6 Å². The van der Waals surface area contributed by atoms with E-state index in [-0.39, 0.29) is 13.2 Å². The molecule has 1 aromatic heterocycles. The third kappa shape index (κ3) is 6.89. The molecule has 11 heteroatoms. The number of benzene rings is 2. The van der Waals surface area contributed by atoms with Crippen molar-refractivity contribution in [1.29, 1.82) is 5.26 Å². The second kappa shape index (κ2) is 11.8. The molecule has 2 aromatic carbocycles. The first-order valence-electron chi connectivity index (χ1n) is 11.6. The monoisotopic (exact) mass is 544 g/mol. The minimum Gasteiger partial charge on any atom is -0.489 e. The predicted octanol–water partition coefficient (Wildman–Crippen LogP) is 3.42. The van der Waals surface area contributed by atoms with Gasteiger partial charge in [0.1, 0.15) is 37.4 Å². The highest BCUT2D eigenvalue weighted by Gasteiger charge is 2.26. The lowest BCUT2D eigenvalue weighted by molar-refractivity contribution is -0.640. The molecule has 0 saturated carbocycles. The summed E-state index contributed by atoms with van der Waals surface area (Å²) in [4.78, 5) is 6.52. The van der Waals surface area contributed by atoms with Gasteiger partial charge in [-0.2, -0.15) is 5.26 Å². The quantitative estimate of drug-likeness (QED) is 0.353. The average Bonchev–Trinajstić information content (AvgIpc) is 2.86. The van der Waals surface area contributed by atoms with Crippen LogP contribution in [0.3, 0.4) is 0 Å². The summed E-state index contributed by atoms with van der Waals surface area (Å²) < 4.78 is 36.9. The first-order valence-corrected chi connectivity index (χ1v) is 13.6. The zero-order chi connectivity index (χ0) is 27.2. The standard InChI is InChI=1S/C26H31ClN5O4S/c1-18(2)37(33,34)31-32-15-19(14-30-17-32)16-36-23-7-5-21(6-8-23)26(3,4)22-11-20(13-29)25(24(27)12-22)35-10-9-28/h5-8,11-12,14-15,17-18,31H,9-10,16,28H2,1-4H3/q+1. The minimum absolute atomic E-state index is 0.200. The van der Waals surface area contributed by atoms with E-state index in [9.17, 15) is 13.7 Å². The Morgan fingerprint density at radius 1 is 1.19 bits per heavy atom. The molecule has 0 aliphatic rings. The molecule has 0 atom stereocenters. The first kappa shape index (κ1) is 28.2. The van der Waals surface area contributed by atoms with Gasteiger partial charge in [-0.1, -0.05) is 42.6 Å². The topological polar surface area (TPSA) is 131 Å². The van der Waals surface area contributed by atoms with Crippen LogP contribution in [-0.4, -0.2) is 31.8 Å². The molecule has 0 amide bonds. The lowest BCUT2D eigenvalue weighted by atomic mass is 9.77. The Labute approximate surface area is 222 Å². The van der Waals surface area contributed by atoms with Gasteiger partial charge in [0.05, 0.1) is 21.4 Å². The van der Waals surface area contributed by atoms with Gasteiger partial charge in [0, 0.05) is 12.0 Å². The fraction of sp³-hybridized carbons (Fsp3) is 0.346. The summed E-state index contributed by atoms with van der Waals surface area (Å²) in [7, 11) is -3.50. The van der Waals surface area contributed by atoms with Gasteiger partial charge < -0.3 is 15.2 Å². The van der Waals surface area contributed by atoms with E-state index < -0.39 is 20.7 Å². The van der Waals surface area contributed by atoms with Crippen molar-refractivity contribution in [3.05, 3.63) is 82.4 Å². The number of nitrogens with two attached hydrogens (primary N) is 1. The summed E-state index contributed by atoms with van der Waals surface area (Å²) in [6, 6.07) is 13.4. The van der Waals surface area contributed by atoms with Crippen LogP contribution in [0.15, 0.2) is 55.1 Å². The molecule has 3 rings (SSSR count). The smallest absolute Gasteiger partial charge is 0.309 e. The lowest BCUT2D eigenvalue weighted by Gasteiger charge is -2.27. The Morgan fingerprint density at radius 3 is 2.51 bits per heavy atom. The van der Waals surface area contributed by atoms with Crippen molar-refractivity contribution in [2.24, 2.45) is 5.73 Å². The second-order valence-corrected chi connectivity index (χ2v) is 11.8. The summed E-state index contributed by atoms with van der Waals surface area (Å²) >= 11 is 6.45. The van der Waals surface area contributed by atoms with Gasteiger partial charge in [0.15, 0.2) is 5.75 Å². The molecule has 37 heavy (non-hydrogen) atoms. The number of nitrogens with zero attached hydrogens (tertiary/aromatic N) is 3. The van der Waals surface area contributed by atoms with E-state index in [2.05, 4.69) is 15.9 Å². The number of hydrogen-bond donors (Lipinski definition) is 2. The van der Waals surface area contributed by atoms with E-state index in [0.717, 1.165) is 11.1 Å². The van der Waals surface area contributed by atoms with Crippen LogP contribution in [-0.2, 0) is 22.0 Å². The molecule has 0 fully saturated rings. The number of sulfonamides is 1. The van der Waals surface area contributed by atoms with Gasteiger partial charge >= 0.3 is 6.33 Å². The van der Waals surface area contributed by atoms with Crippen molar-refractivity contribution in [2.45, 2.75) is 45.0 Å². The molecule has 3 N–H and O–H groups in total. The summed E-state index contributed by atoms with van der Waals surface area (Å²) in [5.41, 5.74) is 7.96. The Kier molecular flexibility index (Phi) is 8.97. The maximum Gasteiger partial charge on any atom is 0.309 e. The highest BCUT2D eigenvalue weighted by atomic mass is 35.5. The van der Waals surface area contributed by atoms with Crippen LogP contribution in [0.25, 0.3) is 0 Å². The Bertz CT molecular complexity index is 1390. The molecule has 0 saturated heterocycles. The molecule has 1 heterocycles. The van der Waals surface area contributed by atoms with Crippen molar-refractivity contribution in [2.75, 3.05) is 18.0 Å². The lowest BCUT2D eigenvalue weighted by Crippen LogP contribution is -2.50. The molecule has 9 nitrogen and oxygen atoms in total. The summed E-state index contributed by atoms with van der Waals surface area (Å²) in [5.74, 6) is 0.977. The van der Waals surface area contributed by atoms with E-state index in [1.807, 2.05) is 44.2 Å². The summed E-state index contributed by atoms with van der Waals surface area (Å²) in [6.07, 6.45) is 4.60. The van der Waals surface area contributed by atoms with Crippen molar-refractivity contribution in [3.8, 4) is 17.6 Å². The summed E-state index contributed by atoms with van der Waals surface area (Å²) in [5, 5.41) is 9.40. The highest BCUT2D eigenvalue weighted by molar-refractivity contribution is 7.92. The van der Waals surface area contributed by atoms with Crippen LogP contribution in [0.5, 0.6) is 11.5 Å². The second-order valence-electron chi connectivity index (χ2n) is 9.21. The summed E-state index contributed by atoms with van der Waals surface area (Å²) in [6.45, 7) is 8.07. The van der Waals surface area contributed by atoms with E-state index in [1.54, 1.807) is 32.3 Å². The van der Waals surface area contributed by atoms with Crippen LogP contribution in [0.2, 0.25) is 5.02 Å². The molecule has 0 aliphatic carbocycles. The molecule has 0 unspecified atom stereocenters. The minimum atomic E-state index is -3.50. The number of ether oxygens (including phenoxy) is 2. The maximum atomic E-state index is 12.1. The number of halogens is 1. The number of rotatable bonds is 11. The van der Waals surface area contributed by atoms with E-state index in [0.29, 0.717) is 34.2 Å². The predicted molar refractivity (Wildman–Crippen MR) is 141 cm³/mol. The Balaban J connectivity index is 1.74. The number of nitriles is 1. The molecule has 0 radical (unpaired) electrons. The largest absolute Gasteiger partial charge is 0.489 e. The van der Waals surface area contributed by atoms with Crippen LogP contribution < -0.4 is 24.7 Å². The zero-order valence-corrected chi connectivity index (χ0v) is 22.8. The van der Waals surface area contributed by atoms with Crippen LogP contribution in [0, 0.1) is 11.3 Å².